The van der Waals surface area contributed by atoms with Crippen LogP contribution in [0.25, 0.3) is 5.52 Å². The number of furan rings is 1. The fraction of sp³-hybridized carbons (Fsp3) is 0.294. The van der Waals surface area contributed by atoms with E-state index in [0.717, 1.165) is 0 Å². The Labute approximate surface area is 157 Å². The van der Waals surface area contributed by atoms with Crippen molar-refractivity contribution in [1.29, 1.82) is 0 Å². The third-order valence-electron chi connectivity index (χ3n) is 4.45. The summed E-state index contributed by atoms with van der Waals surface area (Å²) in [6.45, 7) is 0.297. The van der Waals surface area contributed by atoms with Gasteiger partial charge in [0.05, 0.1) is 18.6 Å². The molecule has 1 atom stereocenters. The van der Waals surface area contributed by atoms with Gasteiger partial charge in [0.1, 0.15) is 16.4 Å². The van der Waals surface area contributed by atoms with Crippen molar-refractivity contribution in [3.8, 4) is 0 Å². The van der Waals surface area contributed by atoms with E-state index in [-0.39, 0.29) is 39.9 Å². The van der Waals surface area contributed by atoms with E-state index in [1.165, 1.54) is 10.6 Å². The molecule has 1 aliphatic rings. The molecule has 0 saturated heterocycles. The fourth-order valence-electron chi connectivity index (χ4n) is 3.19. The van der Waals surface area contributed by atoms with Gasteiger partial charge >= 0.3 is 0 Å². The number of nitrogens with zero attached hydrogens (tertiary/aromatic N) is 3. The number of fused-ring (bicyclic) bond motifs is 1. The SMILES string of the molecule is FC1=CCC(c2c(F)c3c(NCc4ccco4)nc(Cl)nn3c2Cl)CC1. The summed E-state index contributed by atoms with van der Waals surface area (Å²) in [4.78, 5) is 4.08. The van der Waals surface area contributed by atoms with Crippen LogP contribution in [0.15, 0.2) is 34.7 Å². The Bertz CT molecular complexity index is 985. The van der Waals surface area contributed by atoms with E-state index >= 15 is 4.39 Å². The second-order valence-electron chi connectivity index (χ2n) is 6.06. The minimum absolute atomic E-state index is 0.0718. The van der Waals surface area contributed by atoms with Crippen LogP contribution < -0.4 is 5.32 Å². The summed E-state index contributed by atoms with van der Waals surface area (Å²) in [7, 11) is 0. The monoisotopic (exact) mass is 398 g/mol. The molecule has 0 aromatic carbocycles. The Morgan fingerprint density at radius 3 is 2.88 bits per heavy atom. The highest BCUT2D eigenvalue weighted by Crippen LogP contribution is 2.41. The Morgan fingerprint density at radius 1 is 1.35 bits per heavy atom. The van der Waals surface area contributed by atoms with Crippen molar-refractivity contribution in [2.24, 2.45) is 0 Å². The molecule has 0 bridgehead atoms. The molecular formula is C17H14Cl2F2N4O. The van der Waals surface area contributed by atoms with Gasteiger partial charge in [-0.25, -0.2) is 13.3 Å². The van der Waals surface area contributed by atoms with Crippen molar-refractivity contribution in [3.63, 3.8) is 0 Å². The molecule has 1 N–H and O–H groups in total. The van der Waals surface area contributed by atoms with Crippen LogP contribution in [0.2, 0.25) is 10.4 Å². The number of anilines is 1. The number of hydrogen-bond donors (Lipinski definition) is 1. The predicted octanol–water partition coefficient (Wildman–Crippen LogP) is 5.50. The predicted molar refractivity (Wildman–Crippen MR) is 94.8 cm³/mol. The van der Waals surface area contributed by atoms with Crippen LogP contribution in [0.4, 0.5) is 14.6 Å². The maximum absolute atomic E-state index is 15.2. The van der Waals surface area contributed by atoms with Gasteiger partial charge in [-0.1, -0.05) is 17.7 Å². The van der Waals surface area contributed by atoms with Gasteiger partial charge in [0.25, 0.3) is 0 Å². The van der Waals surface area contributed by atoms with Gasteiger partial charge in [0, 0.05) is 5.56 Å². The van der Waals surface area contributed by atoms with Gasteiger partial charge < -0.3 is 9.73 Å². The molecular weight excluding hydrogens is 385 g/mol. The van der Waals surface area contributed by atoms with Crippen LogP contribution in [-0.4, -0.2) is 14.6 Å². The summed E-state index contributed by atoms with van der Waals surface area (Å²) in [5.74, 6) is -0.0476. The first-order chi connectivity index (χ1) is 12.5. The first-order valence-corrected chi connectivity index (χ1v) is 8.84. The molecule has 3 aromatic rings. The zero-order chi connectivity index (χ0) is 18.3. The first kappa shape index (κ1) is 17.3. The zero-order valence-corrected chi connectivity index (χ0v) is 15.0. The zero-order valence-electron chi connectivity index (χ0n) is 13.5. The molecule has 0 aliphatic heterocycles. The van der Waals surface area contributed by atoms with Crippen LogP contribution in [0, 0.1) is 5.82 Å². The van der Waals surface area contributed by atoms with E-state index in [1.54, 1.807) is 18.4 Å². The normalized spacial score (nSPS) is 17.5. The molecule has 0 amide bonds. The standard InChI is InChI=1S/C17H14Cl2F2N4O/c18-15-12(9-3-5-10(20)6-4-9)13(21)14-16(23-17(19)24-25(14)15)22-8-11-2-1-7-26-11/h1-2,5,7,9H,3-4,6,8H2,(H,22,23,24). The Hall–Kier alpha value is -2.12. The van der Waals surface area contributed by atoms with Crippen LogP contribution >= 0.6 is 23.2 Å². The molecule has 5 nitrogen and oxygen atoms in total. The smallest absolute Gasteiger partial charge is 0.243 e. The summed E-state index contributed by atoms with van der Waals surface area (Å²) in [5.41, 5.74) is 0.420. The fourth-order valence-corrected chi connectivity index (χ4v) is 3.71. The van der Waals surface area contributed by atoms with Gasteiger partial charge in [-0.05, 0) is 48.9 Å². The van der Waals surface area contributed by atoms with Gasteiger partial charge in [0.15, 0.2) is 11.6 Å². The molecule has 4 rings (SSSR count). The van der Waals surface area contributed by atoms with Crippen molar-refractivity contribution >= 4 is 34.5 Å². The Kier molecular flexibility index (Phi) is 4.58. The van der Waals surface area contributed by atoms with Crippen LogP contribution in [0.5, 0.6) is 0 Å². The van der Waals surface area contributed by atoms with E-state index < -0.39 is 5.82 Å². The average molecular weight is 399 g/mol. The van der Waals surface area contributed by atoms with Crippen molar-refractivity contribution in [1.82, 2.24) is 14.6 Å². The highest BCUT2D eigenvalue weighted by Gasteiger charge is 2.29. The third kappa shape index (κ3) is 3.05. The minimum Gasteiger partial charge on any atom is -0.467 e. The van der Waals surface area contributed by atoms with E-state index in [4.69, 9.17) is 27.6 Å². The van der Waals surface area contributed by atoms with Gasteiger partial charge in [0.2, 0.25) is 5.28 Å². The van der Waals surface area contributed by atoms with E-state index in [0.29, 0.717) is 30.7 Å². The lowest BCUT2D eigenvalue weighted by Crippen LogP contribution is -2.06. The minimum atomic E-state index is -0.519. The highest BCUT2D eigenvalue weighted by atomic mass is 35.5. The third-order valence-corrected chi connectivity index (χ3v) is 4.97. The molecule has 1 unspecified atom stereocenters. The second-order valence-corrected chi connectivity index (χ2v) is 6.76. The molecule has 26 heavy (non-hydrogen) atoms. The lowest BCUT2D eigenvalue weighted by Gasteiger charge is -2.18. The Morgan fingerprint density at radius 2 is 2.19 bits per heavy atom. The number of allylic oxidation sites excluding steroid dienone is 2. The summed E-state index contributed by atoms with van der Waals surface area (Å²) in [6.07, 6.45) is 4.15. The number of nitrogens with one attached hydrogen (secondary N) is 1. The summed E-state index contributed by atoms with van der Waals surface area (Å²) in [5, 5.41) is 7.08. The number of rotatable bonds is 4. The van der Waals surface area contributed by atoms with Gasteiger partial charge in [-0.15, -0.1) is 5.10 Å². The summed E-state index contributed by atoms with van der Waals surface area (Å²) in [6, 6.07) is 3.53. The highest BCUT2D eigenvalue weighted by molar-refractivity contribution is 6.31. The lowest BCUT2D eigenvalue weighted by molar-refractivity contribution is 0.485. The van der Waals surface area contributed by atoms with Crippen molar-refractivity contribution in [2.45, 2.75) is 31.7 Å². The van der Waals surface area contributed by atoms with Crippen LogP contribution in [-0.2, 0) is 6.54 Å². The van der Waals surface area contributed by atoms with Crippen molar-refractivity contribution in [2.75, 3.05) is 5.32 Å². The maximum atomic E-state index is 15.2. The van der Waals surface area contributed by atoms with Gasteiger partial charge in [-0.3, -0.25) is 0 Å². The lowest BCUT2D eigenvalue weighted by atomic mass is 9.88. The summed E-state index contributed by atoms with van der Waals surface area (Å²) < 4.78 is 35.0. The molecule has 136 valence electrons. The number of halogens is 4. The molecule has 1 aliphatic carbocycles. The average Bonchev–Trinajstić information content (AvgIpc) is 3.22. The molecule has 0 fully saturated rings. The molecule has 0 radical (unpaired) electrons. The molecule has 3 heterocycles. The number of aromatic nitrogens is 3. The van der Waals surface area contributed by atoms with Crippen LogP contribution in [0.3, 0.4) is 0 Å². The van der Waals surface area contributed by atoms with Gasteiger partial charge in [-0.2, -0.15) is 4.98 Å². The topological polar surface area (TPSA) is 55.4 Å². The molecule has 9 heteroatoms. The maximum Gasteiger partial charge on any atom is 0.243 e. The largest absolute Gasteiger partial charge is 0.467 e. The summed E-state index contributed by atoms with van der Waals surface area (Å²) >= 11 is 12.4. The van der Waals surface area contributed by atoms with Crippen molar-refractivity contribution < 1.29 is 13.2 Å². The Balaban J connectivity index is 1.77. The number of hydrogen-bond acceptors (Lipinski definition) is 4. The van der Waals surface area contributed by atoms with Crippen LogP contribution in [0.1, 0.15) is 36.5 Å². The van der Waals surface area contributed by atoms with E-state index in [9.17, 15) is 4.39 Å². The molecule has 3 aromatic heterocycles. The van der Waals surface area contributed by atoms with E-state index in [2.05, 4.69) is 15.4 Å². The quantitative estimate of drug-likeness (QED) is 0.630. The molecule has 0 spiro atoms. The van der Waals surface area contributed by atoms with Crippen molar-refractivity contribution in [3.05, 3.63) is 57.9 Å². The first-order valence-electron chi connectivity index (χ1n) is 8.08. The molecule has 0 saturated carbocycles. The van der Waals surface area contributed by atoms with E-state index in [1.807, 2.05) is 0 Å². The second kappa shape index (κ2) is 6.89.